The molecule has 2 N–H and O–H groups in total. The number of hydrogen-bond acceptors (Lipinski definition) is 4. The summed E-state index contributed by atoms with van der Waals surface area (Å²) in [5.74, 6) is -0.295. The van der Waals surface area contributed by atoms with Gasteiger partial charge >= 0.3 is 5.97 Å². The SMILES string of the molecule is CC(C)CC[C@H](O)[C@@H]1C[C@@H](CO)OC1=O. The average molecular weight is 216 g/mol. The second-order valence-electron chi connectivity index (χ2n) is 4.62. The van der Waals surface area contributed by atoms with Crippen LogP contribution in [-0.4, -0.2) is 35.0 Å². The van der Waals surface area contributed by atoms with E-state index < -0.39 is 18.1 Å². The molecule has 0 aromatic rings. The molecular weight excluding hydrogens is 196 g/mol. The minimum absolute atomic E-state index is 0.154. The van der Waals surface area contributed by atoms with Gasteiger partial charge in [-0.3, -0.25) is 4.79 Å². The molecule has 1 heterocycles. The van der Waals surface area contributed by atoms with E-state index >= 15 is 0 Å². The molecule has 1 rings (SSSR count). The van der Waals surface area contributed by atoms with E-state index in [1.807, 2.05) is 0 Å². The quantitative estimate of drug-likeness (QED) is 0.664. The first-order valence-corrected chi connectivity index (χ1v) is 5.54. The van der Waals surface area contributed by atoms with Gasteiger partial charge in [-0.05, 0) is 18.8 Å². The summed E-state index contributed by atoms with van der Waals surface area (Å²) in [6.45, 7) is 4.01. The van der Waals surface area contributed by atoms with Crippen molar-refractivity contribution in [1.29, 1.82) is 0 Å². The molecule has 1 saturated heterocycles. The monoisotopic (exact) mass is 216 g/mol. The van der Waals surface area contributed by atoms with Gasteiger partial charge in [0.2, 0.25) is 0 Å². The number of aliphatic hydroxyl groups excluding tert-OH is 2. The van der Waals surface area contributed by atoms with E-state index in [0.29, 0.717) is 18.8 Å². The van der Waals surface area contributed by atoms with E-state index in [-0.39, 0.29) is 12.6 Å². The lowest BCUT2D eigenvalue weighted by Crippen LogP contribution is -2.24. The lowest BCUT2D eigenvalue weighted by Gasteiger charge is -2.15. The van der Waals surface area contributed by atoms with Crippen molar-refractivity contribution in [2.24, 2.45) is 11.8 Å². The van der Waals surface area contributed by atoms with Crippen molar-refractivity contribution in [2.45, 2.75) is 45.3 Å². The van der Waals surface area contributed by atoms with Crippen LogP contribution < -0.4 is 0 Å². The van der Waals surface area contributed by atoms with Gasteiger partial charge in [-0.1, -0.05) is 13.8 Å². The lowest BCUT2D eigenvalue weighted by molar-refractivity contribution is -0.147. The molecule has 15 heavy (non-hydrogen) atoms. The third-order valence-electron chi connectivity index (χ3n) is 2.81. The Hall–Kier alpha value is -0.610. The number of rotatable bonds is 5. The normalized spacial score (nSPS) is 28.2. The summed E-state index contributed by atoms with van der Waals surface area (Å²) in [5.41, 5.74) is 0. The first-order valence-electron chi connectivity index (χ1n) is 5.54. The largest absolute Gasteiger partial charge is 0.460 e. The highest BCUT2D eigenvalue weighted by Gasteiger charge is 2.38. The van der Waals surface area contributed by atoms with Crippen LogP contribution in [0.4, 0.5) is 0 Å². The van der Waals surface area contributed by atoms with Crippen molar-refractivity contribution in [1.82, 2.24) is 0 Å². The number of hydrogen-bond donors (Lipinski definition) is 2. The van der Waals surface area contributed by atoms with Crippen molar-refractivity contribution in [2.75, 3.05) is 6.61 Å². The van der Waals surface area contributed by atoms with Gasteiger partial charge in [0, 0.05) is 6.42 Å². The van der Waals surface area contributed by atoms with E-state index in [0.717, 1.165) is 6.42 Å². The molecule has 0 radical (unpaired) electrons. The molecule has 0 spiro atoms. The van der Waals surface area contributed by atoms with Crippen LogP contribution in [-0.2, 0) is 9.53 Å². The Morgan fingerprint density at radius 1 is 1.47 bits per heavy atom. The van der Waals surface area contributed by atoms with E-state index in [1.165, 1.54) is 0 Å². The molecule has 3 atom stereocenters. The van der Waals surface area contributed by atoms with Crippen molar-refractivity contribution >= 4 is 5.97 Å². The Balaban J connectivity index is 2.39. The van der Waals surface area contributed by atoms with E-state index in [1.54, 1.807) is 0 Å². The molecule has 0 aromatic carbocycles. The van der Waals surface area contributed by atoms with Gasteiger partial charge in [-0.25, -0.2) is 0 Å². The molecule has 0 unspecified atom stereocenters. The molecule has 0 saturated carbocycles. The van der Waals surface area contributed by atoms with Gasteiger partial charge in [-0.2, -0.15) is 0 Å². The molecule has 0 amide bonds. The minimum atomic E-state index is -0.628. The molecular formula is C11H20O4. The van der Waals surface area contributed by atoms with Gasteiger partial charge in [0.25, 0.3) is 0 Å². The molecule has 1 fully saturated rings. The predicted octanol–water partition coefficient (Wildman–Crippen LogP) is 0.707. The molecule has 1 aliphatic heterocycles. The Kier molecular flexibility index (Phi) is 4.54. The van der Waals surface area contributed by atoms with Crippen LogP contribution in [0.1, 0.15) is 33.1 Å². The fourth-order valence-corrected chi connectivity index (χ4v) is 1.81. The average Bonchev–Trinajstić information content (AvgIpc) is 2.56. The maximum absolute atomic E-state index is 11.3. The second kappa shape index (κ2) is 5.47. The highest BCUT2D eigenvalue weighted by Crippen LogP contribution is 2.26. The Morgan fingerprint density at radius 2 is 2.13 bits per heavy atom. The van der Waals surface area contributed by atoms with Gasteiger partial charge in [0.15, 0.2) is 0 Å². The number of esters is 1. The number of ether oxygens (including phenoxy) is 1. The summed E-state index contributed by atoms with van der Waals surface area (Å²) in [6.07, 6.45) is 0.909. The number of aliphatic hydroxyl groups is 2. The van der Waals surface area contributed by atoms with Gasteiger partial charge in [0.1, 0.15) is 6.10 Å². The van der Waals surface area contributed by atoms with E-state index in [4.69, 9.17) is 9.84 Å². The molecule has 0 aromatic heterocycles. The fraction of sp³-hybridized carbons (Fsp3) is 0.909. The zero-order chi connectivity index (χ0) is 11.4. The maximum atomic E-state index is 11.3. The zero-order valence-corrected chi connectivity index (χ0v) is 9.35. The van der Waals surface area contributed by atoms with Gasteiger partial charge < -0.3 is 14.9 Å². The van der Waals surface area contributed by atoms with E-state index in [9.17, 15) is 9.90 Å². The molecule has 88 valence electrons. The van der Waals surface area contributed by atoms with Crippen molar-refractivity contribution in [3.05, 3.63) is 0 Å². The standard InChI is InChI=1S/C11H20O4/c1-7(2)3-4-10(13)9-5-8(6-12)15-11(9)14/h7-10,12-13H,3-6H2,1-2H3/t8-,9-,10-/m0/s1. The lowest BCUT2D eigenvalue weighted by atomic mass is 9.93. The topological polar surface area (TPSA) is 66.8 Å². The van der Waals surface area contributed by atoms with Crippen molar-refractivity contribution in [3.63, 3.8) is 0 Å². The Bertz CT molecular complexity index is 215. The van der Waals surface area contributed by atoms with E-state index in [2.05, 4.69) is 13.8 Å². The summed E-state index contributed by atoms with van der Waals surface area (Å²) in [4.78, 5) is 11.3. The number of carbonyl (C=O) groups is 1. The summed E-state index contributed by atoms with van der Waals surface area (Å²) in [7, 11) is 0. The highest BCUT2D eigenvalue weighted by atomic mass is 16.6. The van der Waals surface area contributed by atoms with Crippen LogP contribution in [0.2, 0.25) is 0 Å². The smallest absolute Gasteiger partial charge is 0.312 e. The van der Waals surface area contributed by atoms with Gasteiger partial charge in [0.05, 0.1) is 18.6 Å². The third kappa shape index (κ3) is 3.47. The summed E-state index contributed by atoms with van der Waals surface area (Å²) in [6, 6.07) is 0. The first-order chi connectivity index (χ1) is 7.04. The molecule has 0 aliphatic carbocycles. The predicted molar refractivity (Wildman–Crippen MR) is 55.2 cm³/mol. The zero-order valence-electron chi connectivity index (χ0n) is 9.35. The molecule has 4 nitrogen and oxygen atoms in total. The van der Waals surface area contributed by atoms with Gasteiger partial charge in [-0.15, -0.1) is 0 Å². The van der Waals surface area contributed by atoms with Crippen LogP contribution in [0.5, 0.6) is 0 Å². The molecule has 4 heteroatoms. The number of cyclic esters (lactones) is 1. The van der Waals surface area contributed by atoms with Crippen molar-refractivity contribution < 1.29 is 19.7 Å². The second-order valence-corrected chi connectivity index (χ2v) is 4.62. The fourth-order valence-electron chi connectivity index (χ4n) is 1.81. The van der Waals surface area contributed by atoms with Crippen LogP contribution >= 0.6 is 0 Å². The highest BCUT2D eigenvalue weighted by molar-refractivity contribution is 5.75. The third-order valence-corrected chi connectivity index (χ3v) is 2.81. The summed E-state index contributed by atoms with van der Waals surface area (Å²) in [5, 5.41) is 18.6. The first kappa shape index (κ1) is 12.5. The minimum Gasteiger partial charge on any atom is -0.460 e. The molecule has 1 aliphatic rings. The maximum Gasteiger partial charge on any atom is 0.312 e. The Labute approximate surface area is 90.2 Å². The summed E-state index contributed by atoms with van der Waals surface area (Å²) < 4.78 is 4.90. The Morgan fingerprint density at radius 3 is 2.60 bits per heavy atom. The molecule has 0 bridgehead atoms. The van der Waals surface area contributed by atoms with Crippen LogP contribution in [0.25, 0.3) is 0 Å². The van der Waals surface area contributed by atoms with Crippen LogP contribution in [0.3, 0.4) is 0 Å². The van der Waals surface area contributed by atoms with Crippen LogP contribution in [0, 0.1) is 11.8 Å². The van der Waals surface area contributed by atoms with Crippen LogP contribution in [0.15, 0.2) is 0 Å². The number of carbonyl (C=O) groups excluding carboxylic acids is 1. The summed E-state index contributed by atoms with van der Waals surface area (Å²) >= 11 is 0. The van der Waals surface area contributed by atoms with Crippen molar-refractivity contribution in [3.8, 4) is 0 Å².